The Hall–Kier alpha value is -2.33. The highest BCUT2D eigenvalue weighted by Gasteiger charge is 2.13. The molecule has 3 rings (SSSR count). The second kappa shape index (κ2) is 4.74. The van der Waals surface area contributed by atoms with Crippen molar-refractivity contribution < 1.29 is 9.50 Å². The Balaban J connectivity index is 2.04. The van der Waals surface area contributed by atoms with Crippen LogP contribution in [0.2, 0.25) is 0 Å². The molecule has 0 aliphatic heterocycles. The van der Waals surface area contributed by atoms with Gasteiger partial charge in [0.05, 0.1) is 17.4 Å². The Morgan fingerprint density at radius 2 is 1.89 bits per heavy atom. The molecule has 0 spiro atoms. The number of benzene rings is 1. The number of pyridine rings is 2. The SMILES string of the molecule is OC(c1cncc(F)c1)c1ccc2ccccc2n1. The lowest BCUT2D eigenvalue weighted by Crippen LogP contribution is -2.03. The Labute approximate surface area is 109 Å². The standard InChI is InChI=1S/C15H11FN2O/c16-12-7-11(8-17-9-12)15(19)14-6-5-10-3-1-2-4-13(10)18-14/h1-9,15,19H. The maximum atomic E-state index is 13.1. The number of nitrogens with zero attached hydrogens (tertiary/aromatic N) is 2. The second-order valence-electron chi connectivity index (χ2n) is 4.27. The van der Waals surface area contributed by atoms with E-state index in [2.05, 4.69) is 9.97 Å². The fourth-order valence-electron chi connectivity index (χ4n) is 1.98. The van der Waals surface area contributed by atoms with Gasteiger partial charge in [0.2, 0.25) is 0 Å². The first kappa shape index (κ1) is 11.7. The van der Waals surface area contributed by atoms with Crippen molar-refractivity contribution in [1.29, 1.82) is 0 Å². The predicted molar refractivity (Wildman–Crippen MR) is 70.0 cm³/mol. The maximum Gasteiger partial charge on any atom is 0.141 e. The minimum atomic E-state index is -0.979. The third-order valence-corrected chi connectivity index (χ3v) is 2.94. The topological polar surface area (TPSA) is 46.0 Å². The van der Waals surface area contributed by atoms with Crippen molar-refractivity contribution in [2.45, 2.75) is 6.10 Å². The van der Waals surface area contributed by atoms with Crippen molar-refractivity contribution in [1.82, 2.24) is 9.97 Å². The molecular weight excluding hydrogens is 243 g/mol. The molecule has 1 unspecified atom stereocenters. The zero-order valence-corrected chi connectivity index (χ0v) is 9.99. The summed E-state index contributed by atoms with van der Waals surface area (Å²) < 4.78 is 13.1. The summed E-state index contributed by atoms with van der Waals surface area (Å²) in [6, 6.07) is 12.5. The van der Waals surface area contributed by atoms with Crippen molar-refractivity contribution in [3.8, 4) is 0 Å². The van der Waals surface area contributed by atoms with Crippen LogP contribution in [0.25, 0.3) is 10.9 Å². The van der Waals surface area contributed by atoms with E-state index in [1.165, 1.54) is 12.3 Å². The van der Waals surface area contributed by atoms with Gasteiger partial charge in [-0.05, 0) is 18.2 Å². The van der Waals surface area contributed by atoms with Gasteiger partial charge in [-0.15, -0.1) is 0 Å². The Morgan fingerprint density at radius 1 is 1.05 bits per heavy atom. The van der Waals surface area contributed by atoms with E-state index < -0.39 is 11.9 Å². The molecule has 1 aromatic carbocycles. The highest BCUT2D eigenvalue weighted by atomic mass is 19.1. The van der Waals surface area contributed by atoms with E-state index in [0.29, 0.717) is 11.3 Å². The molecule has 1 atom stereocenters. The number of hydrogen-bond donors (Lipinski definition) is 1. The molecule has 1 N–H and O–H groups in total. The molecule has 3 nitrogen and oxygen atoms in total. The van der Waals surface area contributed by atoms with Crippen LogP contribution in [0, 0.1) is 5.82 Å². The van der Waals surface area contributed by atoms with E-state index in [4.69, 9.17) is 0 Å². The molecule has 0 saturated heterocycles. The van der Waals surface area contributed by atoms with Gasteiger partial charge in [-0.1, -0.05) is 24.3 Å². The molecule has 0 fully saturated rings. The monoisotopic (exact) mass is 254 g/mol. The van der Waals surface area contributed by atoms with E-state index >= 15 is 0 Å². The molecule has 3 aromatic rings. The van der Waals surface area contributed by atoms with Crippen molar-refractivity contribution in [2.24, 2.45) is 0 Å². The molecule has 0 aliphatic carbocycles. The number of rotatable bonds is 2. The Morgan fingerprint density at radius 3 is 2.74 bits per heavy atom. The summed E-state index contributed by atoms with van der Waals surface area (Å²) in [6.45, 7) is 0. The molecule has 94 valence electrons. The highest BCUT2D eigenvalue weighted by molar-refractivity contribution is 5.78. The van der Waals surface area contributed by atoms with Crippen molar-refractivity contribution >= 4 is 10.9 Å². The fourth-order valence-corrected chi connectivity index (χ4v) is 1.98. The lowest BCUT2D eigenvalue weighted by molar-refractivity contribution is 0.215. The first-order valence-electron chi connectivity index (χ1n) is 5.88. The van der Waals surface area contributed by atoms with Gasteiger partial charge in [0, 0.05) is 17.1 Å². The number of aliphatic hydroxyl groups excluding tert-OH is 1. The van der Waals surface area contributed by atoms with Gasteiger partial charge in [-0.25, -0.2) is 9.37 Å². The number of para-hydroxylation sites is 1. The first-order chi connectivity index (χ1) is 9.24. The molecule has 0 radical (unpaired) electrons. The molecule has 2 aromatic heterocycles. The third-order valence-electron chi connectivity index (χ3n) is 2.94. The summed E-state index contributed by atoms with van der Waals surface area (Å²) in [7, 11) is 0. The number of aliphatic hydroxyl groups is 1. The summed E-state index contributed by atoms with van der Waals surface area (Å²) in [5.74, 6) is -0.475. The summed E-state index contributed by atoms with van der Waals surface area (Å²) in [4.78, 5) is 8.11. The third kappa shape index (κ3) is 2.30. The first-order valence-corrected chi connectivity index (χ1v) is 5.88. The molecule has 0 amide bonds. The van der Waals surface area contributed by atoms with E-state index in [9.17, 15) is 9.50 Å². The normalized spacial score (nSPS) is 12.5. The molecule has 0 saturated carbocycles. The van der Waals surface area contributed by atoms with E-state index in [1.54, 1.807) is 6.07 Å². The van der Waals surface area contributed by atoms with Crippen LogP contribution < -0.4 is 0 Å². The molecular formula is C15H11FN2O. The lowest BCUT2D eigenvalue weighted by atomic mass is 10.1. The van der Waals surface area contributed by atoms with Gasteiger partial charge in [0.15, 0.2) is 0 Å². The average Bonchev–Trinajstić information content (AvgIpc) is 2.46. The van der Waals surface area contributed by atoms with Gasteiger partial charge in [0.25, 0.3) is 0 Å². The minimum absolute atomic E-state index is 0.391. The smallest absolute Gasteiger partial charge is 0.141 e. The minimum Gasteiger partial charge on any atom is -0.382 e. The van der Waals surface area contributed by atoms with Crippen LogP contribution in [-0.4, -0.2) is 15.1 Å². The largest absolute Gasteiger partial charge is 0.382 e. The van der Waals surface area contributed by atoms with Crippen LogP contribution in [0.1, 0.15) is 17.4 Å². The van der Waals surface area contributed by atoms with Crippen LogP contribution >= 0.6 is 0 Å². The van der Waals surface area contributed by atoms with Crippen molar-refractivity contribution in [3.05, 3.63) is 71.9 Å². The van der Waals surface area contributed by atoms with Crippen LogP contribution in [0.3, 0.4) is 0 Å². The number of halogens is 1. The van der Waals surface area contributed by atoms with Gasteiger partial charge in [0.1, 0.15) is 11.9 Å². The lowest BCUT2D eigenvalue weighted by Gasteiger charge is -2.10. The molecule has 19 heavy (non-hydrogen) atoms. The Kier molecular flexibility index (Phi) is 2.93. The predicted octanol–water partition coefficient (Wildman–Crippen LogP) is 2.85. The Bertz CT molecular complexity index is 730. The number of fused-ring (bicyclic) bond motifs is 1. The highest BCUT2D eigenvalue weighted by Crippen LogP contribution is 2.22. The summed E-state index contributed by atoms with van der Waals surface area (Å²) >= 11 is 0. The number of hydrogen-bond acceptors (Lipinski definition) is 3. The van der Waals surface area contributed by atoms with Crippen LogP contribution in [-0.2, 0) is 0 Å². The maximum absolute atomic E-state index is 13.1. The molecule has 4 heteroatoms. The van der Waals surface area contributed by atoms with Crippen LogP contribution in [0.5, 0.6) is 0 Å². The summed E-state index contributed by atoms with van der Waals surface area (Å²) in [6.07, 6.45) is 1.56. The van der Waals surface area contributed by atoms with Crippen LogP contribution in [0.15, 0.2) is 54.9 Å². The number of aromatic nitrogens is 2. The van der Waals surface area contributed by atoms with E-state index in [-0.39, 0.29) is 0 Å². The van der Waals surface area contributed by atoms with Gasteiger partial charge in [-0.2, -0.15) is 0 Å². The van der Waals surface area contributed by atoms with Crippen molar-refractivity contribution in [3.63, 3.8) is 0 Å². The van der Waals surface area contributed by atoms with E-state index in [1.807, 2.05) is 30.3 Å². The molecule has 0 aliphatic rings. The van der Waals surface area contributed by atoms with Gasteiger partial charge >= 0.3 is 0 Å². The quantitative estimate of drug-likeness (QED) is 0.764. The fraction of sp³-hybridized carbons (Fsp3) is 0.0667. The summed E-state index contributed by atoms with van der Waals surface area (Å²) in [5.41, 5.74) is 1.66. The van der Waals surface area contributed by atoms with Crippen molar-refractivity contribution in [2.75, 3.05) is 0 Å². The second-order valence-corrected chi connectivity index (χ2v) is 4.27. The van der Waals surface area contributed by atoms with E-state index in [0.717, 1.165) is 17.1 Å². The zero-order valence-electron chi connectivity index (χ0n) is 9.99. The zero-order chi connectivity index (χ0) is 13.2. The molecule has 2 heterocycles. The molecule has 0 bridgehead atoms. The average molecular weight is 254 g/mol. The van der Waals surface area contributed by atoms with Gasteiger partial charge < -0.3 is 5.11 Å². The van der Waals surface area contributed by atoms with Crippen LogP contribution in [0.4, 0.5) is 4.39 Å². The summed E-state index contributed by atoms with van der Waals surface area (Å²) in [5, 5.41) is 11.2. The van der Waals surface area contributed by atoms with Gasteiger partial charge in [-0.3, -0.25) is 4.98 Å².